The zero-order chi connectivity index (χ0) is 22.3. The van der Waals surface area contributed by atoms with Crippen LogP contribution in [0.4, 0.5) is 4.39 Å². The molecule has 1 unspecified atom stereocenters. The zero-order valence-electron chi connectivity index (χ0n) is 17.7. The van der Waals surface area contributed by atoms with E-state index in [1.807, 2.05) is 12.1 Å². The number of ether oxygens (including phenoxy) is 1. The molecule has 0 bridgehead atoms. The minimum atomic E-state index is -0.334. The molecule has 1 aliphatic rings. The van der Waals surface area contributed by atoms with Crippen molar-refractivity contribution in [3.05, 3.63) is 107 Å². The first-order valence-electron chi connectivity index (χ1n) is 10.7. The van der Waals surface area contributed by atoms with Gasteiger partial charge in [0.15, 0.2) is 5.78 Å². The Morgan fingerprint density at radius 3 is 2.31 bits per heavy atom. The number of morpholine rings is 1. The van der Waals surface area contributed by atoms with Gasteiger partial charge in [0.25, 0.3) is 5.91 Å². The second-order valence-corrected chi connectivity index (χ2v) is 7.67. The summed E-state index contributed by atoms with van der Waals surface area (Å²) in [5.41, 5.74) is 1.99. The van der Waals surface area contributed by atoms with Gasteiger partial charge >= 0.3 is 0 Å². The van der Waals surface area contributed by atoms with Gasteiger partial charge in [-0.25, -0.2) is 4.39 Å². The number of carbonyl (C=O) groups is 2. The Morgan fingerprint density at radius 2 is 1.59 bits per heavy atom. The van der Waals surface area contributed by atoms with Gasteiger partial charge in [-0.1, -0.05) is 60.7 Å². The number of carbonyl (C=O) groups excluding carboxylic acids is 2. The van der Waals surface area contributed by atoms with Gasteiger partial charge in [-0.3, -0.25) is 14.5 Å². The van der Waals surface area contributed by atoms with Gasteiger partial charge in [0, 0.05) is 30.8 Å². The molecular weight excluding hydrogens is 407 g/mol. The predicted octanol–water partition coefficient (Wildman–Crippen LogP) is 3.86. The summed E-state index contributed by atoms with van der Waals surface area (Å²) in [6.07, 6.45) is 0. The third-order valence-corrected chi connectivity index (χ3v) is 5.63. The Balaban J connectivity index is 1.54. The van der Waals surface area contributed by atoms with Crippen LogP contribution in [0.1, 0.15) is 37.9 Å². The molecule has 3 aromatic rings. The number of halogens is 1. The highest BCUT2D eigenvalue weighted by Crippen LogP contribution is 2.23. The van der Waals surface area contributed by atoms with E-state index in [4.69, 9.17) is 4.74 Å². The van der Waals surface area contributed by atoms with Gasteiger partial charge in [0.2, 0.25) is 0 Å². The van der Waals surface area contributed by atoms with Gasteiger partial charge in [-0.2, -0.15) is 0 Å². The summed E-state index contributed by atoms with van der Waals surface area (Å²) < 4.78 is 19.3. The minimum Gasteiger partial charge on any atom is -0.379 e. The molecule has 6 heteroatoms. The summed E-state index contributed by atoms with van der Waals surface area (Å²) in [4.78, 5) is 28.3. The van der Waals surface area contributed by atoms with Crippen molar-refractivity contribution in [2.24, 2.45) is 0 Å². The fourth-order valence-electron chi connectivity index (χ4n) is 3.97. The van der Waals surface area contributed by atoms with Crippen LogP contribution >= 0.6 is 0 Å². The largest absolute Gasteiger partial charge is 0.379 e. The fraction of sp³-hybridized carbons (Fsp3) is 0.231. The Morgan fingerprint density at radius 1 is 0.906 bits per heavy atom. The number of ketones is 1. The van der Waals surface area contributed by atoms with Gasteiger partial charge in [0.05, 0.1) is 24.8 Å². The number of nitrogens with one attached hydrogen (secondary N) is 1. The molecule has 1 atom stereocenters. The lowest BCUT2D eigenvalue weighted by molar-refractivity contribution is 0.0161. The molecule has 4 rings (SSSR count). The van der Waals surface area contributed by atoms with Crippen LogP contribution in [0.3, 0.4) is 0 Å². The van der Waals surface area contributed by atoms with Crippen molar-refractivity contribution in [2.75, 3.05) is 32.8 Å². The summed E-state index contributed by atoms with van der Waals surface area (Å²) >= 11 is 0. The highest BCUT2D eigenvalue weighted by molar-refractivity contribution is 6.15. The van der Waals surface area contributed by atoms with Crippen LogP contribution in [0.5, 0.6) is 0 Å². The van der Waals surface area contributed by atoms with Gasteiger partial charge < -0.3 is 10.1 Å². The summed E-state index contributed by atoms with van der Waals surface area (Å²) in [5, 5.41) is 2.96. The first kappa shape index (κ1) is 21.9. The van der Waals surface area contributed by atoms with Gasteiger partial charge in [-0.05, 0) is 23.8 Å². The molecule has 1 N–H and O–H groups in total. The van der Waals surface area contributed by atoms with Crippen molar-refractivity contribution in [3.63, 3.8) is 0 Å². The topological polar surface area (TPSA) is 58.6 Å². The second-order valence-electron chi connectivity index (χ2n) is 7.67. The summed E-state index contributed by atoms with van der Waals surface area (Å²) in [6, 6.07) is 21.9. The molecule has 0 aromatic heterocycles. The standard InChI is InChI=1S/C26H25FN2O3/c27-21-10-6-9-20(17-21)24(29-13-15-32-16-14-29)18-28-26(31)23-12-5-4-11-22(23)25(30)19-7-2-1-3-8-19/h1-12,17,24H,13-16,18H2,(H,28,31). The first-order valence-corrected chi connectivity index (χ1v) is 10.7. The maximum Gasteiger partial charge on any atom is 0.252 e. The Bertz CT molecular complexity index is 1080. The van der Waals surface area contributed by atoms with E-state index < -0.39 is 0 Å². The van der Waals surface area contributed by atoms with Crippen molar-refractivity contribution in [2.45, 2.75) is 6.04 Å². The van der Waals surface area contributed by atoms with Crippen molar-refractivity contribution in [1.82, 2.24) is 10.2 Å². The van der Waals surface area contributed by atoms with E-state index in [9.17, 15) is 14.0 Å². The number of rotatable bonds is 7. The monoisotopic (exact) mass is 432 g/mol. The normalized spacial score (nSPS) is 15.2. The number of hydrogen-bond donors (Lipinski definition) is 1. The maximum atomic E-state index is 13.9. The van der Waals surface area contributed by atoms with E-state index >= 15 is 0 Å². The van der Waals surface area contributed by atoms with Crippen molar-refractivity contribution in [1.29, 1.82) is 0 Å². The van der Waals surface area contributed by atoms with E-state index in [0.29, 0.717) is 43.0 Å². The molecule has 1 amide bonds. The highest BCUT2D eigenvalue weighted by atomic mass is 19.1. The quantitative estimate of drug-likeness (QED) is 0.576. The van der Waals surface area contributed by atoms with Crippen LogP contribution in [-0.4, -0.2) is 49.4 Å². The van der Waals surface area contributed by atoms with Crippen LogP contribution in [0, 0.1) is 5.82 Å². The molecule has 5 nitrogen and oxygen atoms in total. The van der Waals surface area contributed by atoms with Crippen LogP contribution in [0.2, 0.25) is 0 Å². The average molecular weight is 432 g/mol. The first-order chi connectivity index (χ1) is 15.6. The summed E-state index contributed by atoms with van der Waals surface area (Å²) in [5.74, 6) is -0.850. The second kappa shape index (κ2) is 10.3. The van der Waals surface area contributed by atoms with E-state index in [1.165, 1.54) is 12.1 Å². The average Bonchev–Trinajstić information content (AvgIpc) is 2.85. The van der Waals surface area contributed by atoms with Gasteiger partial charge in [-0.15, -0.1) is 0 Å². The molecule has 3 aromatic carbocycles. The van der Waals surface area contributed by atoms with Crippen molar-refractivity contribution < 1.29 is 18.7 Å². The summed E-state index contributed by atoms with van der Waals surface area (Å²) in [7, 11) is 0. The summed E-state index contributed by atoms with van der Waals surface area (Å²) in [6.45, 7) is 2.86. The smallest absolute Gasteiger partial charge is 0.252 e. The SMILES string of the molecule is O=C(NCC(c1cccc(F)c1)N1CCOCC1)c1ccccc1C(=O)c1ccccc1. The number of amides is 1. The van der Waals surface area contributed by atoms with Crippen molar-refractivity contribution in [3.8, 4) is 0 Å². The lowest BCUT2D eigenvalue weighted by Crippen LogP contribution is -2.44. The third-order valence-electron chi connectivity index (χ3n) is 5.63. The van der Waals surface area contributed by atoms with E-state index in [1.54, 1.807) is 54.6 Å². The lowest BCUT2D eigenvalue weighted by Gasteiger charge is -2.35. The Labute approximate surface area is 186 Å². The maximum absolute atomic E-state index is 13.9. The fourth-order valence-corrected chi connectivity index (χ4v) is 3.97. The highest BCUT2D eigenvalue weighted by Gasteiger charge is 2.25. The Hall–Kier alpha value is -3.35. The van der Waals surface area contributed by atoms with E-state index in [2.05, 4.69) is 10.2 Å². The minimum absolute atomic E-state index is 0.199. The molecular formula is C26H25FN2O3. The molecule has 0 saturated carbocycles. The van der Waals surface area contributed by atoms with Crippen molar-refractivity contribution >= 4 is 11.7 Å². The molecule has 164 valence electrons. The molecule has 0 aliphatic carbocycles. The molecule has 1 saturated heterocycles. The van der Waals surface area contributed by atoms with E-state index in [0.717, 1.165) is 5.56 Å². The lowest BCUT2D eigenvalue weighted by atomic mass is 9.97. The van der Waals surface area contributed by atoms with Crippen LogP contribution in [0.25, 0.3) is 0 Å². The molecule has 32 heavy (non-hydrogen) atoms. The third kappa shape index (κ3) is 5.10. The molecule has 1 aliphatic heterocycles. The van der Waals surface area contributed by atoms with Gasteiger partial charge in [0.1, 0.15) is 5.82 Å². The Kier molecular flexibility index (Phi) is 7.04. The number of hydrogen-bond acceptors (Lipinski definition) is 4. The van der Waals surface area contributed by atoms with Crippen LogP contribution in [0.15, 0.2) is 78.9 Å². The van der Waals surface area contributed by atoms with Crippen LogP contribution < -0.4 is 5.32 Å². The number of nitrogens with zero attached hydrogens (tertiary/aromatic N) is 1. The van der Waals surface area contributed by atoms with E-state index in [-0.39, 0.29) is 30.1 Å². The molecule has 0 radical (unpaired) electrons. The predicted molar refractivity (Wildman–Crippen MR) is 120 cm³/mol. The molecule has 0 spiro atoms. The zero-order valence-corrected chi connectivity index (χ0v) is 17.7. The molecule has 1 fully saturated rings. The molecule has 1 heterocycles. The number of benzene rings is 3. The van der Waals surface area contributed by atoms with Crippen LogP contribution in [-0.2, 0) is 4.74 Å².